The predicted octanol–water partition coefficient (Wildman–Crippen LogP) is 1.15. The molecule has 11 atom stereocenters. The van der Waals surface area contributed by atoms with E-state index in [1.165, 1.54) is 39.6 Å². The number of benzene rings is 1. The Hall–Kier alpha value is -4.36. The van der Waals surface area contributed by atoms with Gasteiger partial charge in [0.1, 0.15) is 64.7 Å². The first-order chi connectivity index (χ1) is 40.7. The van der Waals surface area contributed by atoms with Crippen molar-refractivity contribution in [2.24, 2.45) is 0 Å². The summed E-state index contributed by atoms with van der Waals surface area (Å²) in [6.07, 6.45) is -6.77. The van der Waals surface area contributed by atoms with E-state index < -0.39 is 128 Å². The largest absolute Gasteiger partial charge is 1.00 e. The number of likely N-dealkylation sites (tertiary alicyclic amines) is 1. The van der Waals surface area contributed by atoms with Gasteiger partial charge in [-0.1, -0.05) is 58.6 Å². The zero-order valence-electron chi connectivity index (χ0n) is 50.1. The second kappa shape index (κ2) is 30.2. The van der Waals surface area contributed by atoms with Crippen LogP contribution < -0.4 is 56.0 Å². The number of aliphatic hydroxyl groups excluding tert-OH is 1. The average molecular weight is 1320 g/mol. The molecular weight excluding hydrogens is 1240 g/mol. The maximum Gasteiger partial charge on any atom is 1.00 e. The minimum Gasteiger partial charge on any atom is -0.781 e. The molecule has 5 aromatic rings. The van der Waals surface area contributed by atoms with Gasteiger partial charge < -0.3 is 72.4 Å². The van der Waals surface area contributed by atoms with Crippen LogP contribution in [0.2, 0.25) is 43.8 Å². The molecule has 0 bridgehead atoms. The van der Waals surface area contributed by atoms with Crippen molar-refractivity contribution in [2.45, 2.75) is 146 Å². The van der Waals surface area contributed by atoms with E-state index in [0.29, 0.717) is 24.9 Å². The normalized spacial score (nSPS) is 23.5. The summed E-state index contributed by atoms with van der Waals surface area (Å²) in [5, 5.41) is 18.2. The van der Waals surface area contributed by atoms with E-state index in [-0.39, 0.29) is 103 Å². The molecule has 36 heteroatoms. The van der Waals surface area contributed by atoms with Gasteiger partial charge in [0.15, 0.2) is 55.1 Å². The molecule has 3 aliphatic heterocycles. The van der Waals surface area contributed by atoms with E-state index in [0.717, 1.165) is 12.4 Å². The number of carbonyl (C=O) groups is 4. The number of imidazole rings is 2. The smallest absolute Gasteiger partial charge is 0.781 e. The Labute approximate surface area is 531 Å². The molecule has 1 unspecified atom stereocenters. The summed E-state index contributed by atoms with van der Waals surface area (Å²) in [7, 11) is -8.34. The number of alkyl halides is 1. The molecule has 3 aliphatic rings. The number of hydrogen-bond acceptors (Lipinski definition) is 23. The van der Waals surface area contributed by atoms with Crippen molar-refractivity contribution in [3.8, 4) is 0 Å². The van der Waals surface area contributed by atoms with Crippen LogP contribution in [-0.4, -0.2) is 184 Å². The first-order valence-corrected chi connectivity index (χ1v) is 38.2. The molecule has 3 fully saturated rings. The molecule has 8 rings (SSSR count). The Kier molecular flexibility index (Phi) is 24.3. The zero-order valence-corrected chi connectivity index (χ0v) is 56.8. The first-order valence-electron chi connectivity index (χ1n) is 27.8. The van der Waals surface area contributed by atoms with Gasteiger partial charge in [-0.3, -0.25) is 37.4 Å². The average Bonchev–Trinajstić information content (AvgIpc) is 1.67. The number of fused-ring (bicyclic) bond motifs is 2. The molecule has 0 radical (unpaired) electrons. The Morgan fingerprint density at radius 3 is 2.25 bits per heavy atom. The van der Waals surface area contributed by atoms with Gasteiger partial charge >= 0.3 is 42.4 Å². The number of carbonyl (C=O) groups excluding carboxylic acids is 4. The molecule has 87 heavy (non-hydrogen) atoms. The molecule has 0 spiro atoms. The van der Waals surface area contributed by atoms with E-state index in [4.69, 9.17) is 53.3 Å². The molecule has 0 aliphatic carbocycles. The van der Waals surface area contributed by atoms with E-state index in [1.807, 2.05) is 33.9 Å². The van der Waals surface area contributed by atoms with Crippen LogP contribution in [0.4, 0.5) is 15.0 Å². The van der Waals surface area contributed by atoms with Crippen molar-refractivity contribution in [2.75, 3.05) is 58.2 Å². The molecule has 4 aromatic heterocycles. The summed E-state index contributed by atoms with van der Waals surface area (Å²) in [5.41, 5.74) is -0.239. The Morgan fingerprint density at radius 1 is 0.897 bits per heavy atom. The topological polar surface area (TPSA) is 347 Å². The molecule has 1 aromatic carbocycles. The number of halogens is 1. The molecule has 3 saturated heterocycles. The van der Waals surface area contributed by atoms with Crippen molar-refractivity contribution in [3.05, 3.63) is 71.6 Å². The number of amides is 4. The van der Waals surface area contributed by atoms with Crippen LogP contribution in [0.5, 0.6) is 0 Å². The third-order valence-corrected chi connectivity index (χ3v) is 24.1. The van der Waals surface area contributed by atoms with Gasteiger partial charge in [-0.2, -0.15) is 0 Å². The van der Waals surface area contributed by atoms with Crippen LogP contribution in [0.1, 0.15) is 63.4 Å². The molecule has 472 valence electrons. The standard InChI is InChI=1S/C51H75FN12O17P2SSi2.Na/c1-31(66)62-17-13-16-33(62)24-75-83(84,76-25-35-40(79-82(71)72)37(52)48(78-35)63-28-56-38-43(54-26-55-44(38)63)60-46(68)32-14-11-10-12-15-32)80-42-41(81-86(8,9)51(2,3)4)34(23-65)77-49(42)64-29-57-39-45(64)58-27-61(47(39)69)18-19-73-30-59-36(67)22-53-50(70)74-20-21-85(5,6)7;/h10-12,14-15,26-29,33-35,37,40-42,48-49,65,82H,13,16-25,30H2,1-9H3,(H,53,70)(H,59,67)(H,71,72)(H,54,55,60,68);/q;+1/p-1/t33-,34-,35-,37-,40-,41-,42-,48-,49-,83-;/m1./s1. The Balaban J connectivity index is 0.0000108. The predicted molar refractivity (Wildman–Crippen MR) is 315 cm³/mol. The van der Waals surface area contributed by atoms with Crippen LogP contribution >= 0.6 is 15.0 Å². The number of nitrogens with one attached hydrogen (secondary N) is 3. The molecule has 0 saturated carbocycles. The maximum atomic E-state index is 16.9. The number of alkyl carbamates (subject to hydrolysis) is 1. The molecular formula is C51H74FN12NaO17P2SSi2. The fourth-order valence-electron chi connectivity index (χ4n) is 9.44. The number of ether oxygens (including phenoxy) is 4. The number of aromatic nitrogens is 8. The number of hydrogen-bond donors (Lipinski definition) is 4. The van der Waals surface area contributed by atoms with Crippen LogP contribution in [-0.2, 0) is 74.0 Å². The minimum atomic E-state index is -4.32. The van der Waals surface area contributed by atoms with Crippen molar-refractivity contribution in [1.29, 1.82) is 0 Å². The van der Waals surface area contributed by atoms with Crippen molar-refractivity contribution < 1.29 is 109 Å². The second-order valence-corrected chi connectivity index (χ2v) is 37.5. The Morgan fingerprint density at radius 2 is 1.57 bits per heavy atom. The summed E-state index contributed by atoms with van der Waals surface area (Å²) in [6.45, 7) is 12.1. The van der Waals surface area contributed by atoms with Crippen molar-refractivity contribution in [1.82, 2.24) is 54.2 Å². The van der Waals surface area contributed by atoms with Gasteiger partial charge in [0.05, 0.1) is 58.3 Å². The maximum absolute atomic E-state index is 16.9. The number of rotatable bonds is 27. The van der Waals surface area contributed by atoms with Gasteiger partial charge in [0.25, 0.3) is 11.5 Å². The monoisotopic (exact) mass is 1320 g/mol. The van der Waals surface area contributed by atoms with Gasteiger partial charge in [0.2, 0.25) is 11.8 Å². The third kappa shape index (κ3) is 17.6. The second-order valence-electron chi connectivity index (χ2n) is 23.4. The van der Waals surface area contributed by atoms with E-state index in [1.54, 1.807) is 35.2 Å². The van der Waals surface area contributed by atoms with E-state index in [9.17, 15) is 38.5 Å². The third-order valence-electron chi connectivity index (χ3n) is 15.1. The SMILES string of the molecule is CC(=O)N1CCC[C@@H]1CO[P@@](=S)(OC[C@H]1O[C@@H](n2cnc3c(NC(=O)c4ccccc4)ncnc32)[C@H](F)[C@@H]1O[PH](=O)[O-])O[C@@H]1[C@H](O[Si](C)(C)C(C)(C)C)[C@@H](CO)O[C@H]1n1cnc2c(=O)n(CCOCNC(=O)CNC(=O)OCC[Si](C)(C)C)cnc21.[Na+]. The summed E-state index contributed by atoms with van der Waals surface area (Å²) in [4.78, 5) is 100. The fourth-order valence-corrected chi connectivity index (χ4v) is 14.0. The van der Waals surface area contributed by atoms with Crippen molar-refractivity contribution in [3.63, 3.8) is 0 Å². The number of aliphatic hydroxyl groups is 1. The summed E-state index contributed by atoms with van der Waals surface area (Å²) < 4.78 is 88.7. The van der Waals surface area contributed by atoms with Gasteiger partial charge in [-0.05, 0) is 61.0 Å². The number of anilines is 1. The van der Waals surface area contributed by atoms with E-state index in [2.05, 4.69) is 60.5 Å². The van der Waals surface area contributed by atoms with Crippen molar-refractivity contribution >= 4 is 95.1 Å². The molecule has 7 heterocycles. The molecule has 4 N–H and O–H groups in total. The number of nitrogens with zero attached hydrogens (tertiary/aromatic N) is 9. The van der Waals surface area contributed by atoms with Crippen LogP contribution in [0.25, 0.3) is 22.3 Å². The first kappa shape index (κ1) is 70.1. The minimum absolute atomic E-state index is 0. The van der Waals surface area contributed by atoms with Gasteiger partial charge in [-0.15, -0.1) is 0 Å². The van der Waals surface area contributed by atoms with E-state index >= 15 is 4.39 Å². The van der Waals surface area contributed by atoms with Crippen LogP contribution in [0, 0.1) is 0 Å². The Bertz CT molecular complexity index is 3350. The molecule has 4 amide bonds. The summed E-state index contributed by atoms with van der Waals surface area (Å²) in [5.74, 6) is -1.25. The van der Waals surface area contributed by atoms with Crippen LogP contribution in [0.15, 0.2) is 60.4 Å². The molecule has 29 nitrogen and oxygen atoms in total. The fraction of sp³-hybridized carbons (Fsp3) is 0.608. The summed E-state index contributed by atoms with van der Waals surface area (Å²) >= 11 is 6.26. The van der Waals surface area contributed by atoms with Crippen LogP contribution in [0.3, 0.4) is 0 Å². The quantitative estimate of drug-likeness (QED) is 0.0248. The van der Waals surface area contributed by atoms with Gasteiger partial charge in [-0.25, -0.2) is 34.1 Å². The summed E-state index contributed by atoms with van der Waals surface area (Å²) in [6, 6.07) is 8.62. The van der Waals surface area contributed by atoms with Gasteiger partial charge in [0, 0.05) is 27.1 Å². The zero-order chi connectivity index (χ0) is 62.3.